The molecule has 0 aliphatic heterocycles. The van der Waals surface area contributed by atoms with Gasteiger partial charge in [0.1, 0.15) is 0 Å². The van der Waals surface area contributed by atoms with E-state index in [1.54, 1.807) is 0 Å². The predicted molar refractivity (Wildman–Crippen MR) is 61.6 cm³/mol. The van der Waals surface area contributed by atoms with Crippen molar-refractivity contribution in [3.05, 3.63) is 0 Å². The molecule has 4 atom stereocenters. The zero-order chi connectivity index (χ0) is 12.1. The first kappa shape index (κ1) is 14.9. The van der Waals surface area contributed by atoms with Gasteiger partial charge in [-0.15, -0.1) is 0 Å². The molecule has 0 rings (SSSR count). The number of aliphatic hydroxyl groups excluding tert-OH is 3. The van der Waals surface area contributed by atoms with Crippen molar-refractivity contribution >= 4 is 0 Å². The van der Waals surface area contributed by atoms with Gasteiger partial charge in [0.2, 0.25) is 0 Å². The summed E-state index contributed by atoms with van der Waals surface area (Å²) >= 11 is 0. The first-order chi connectivity index (χ1) is 6.93. The molecule has 0 spiro atoms. The summed E-state index contributed by atoms with van der Waals surface area (Å²) in [6.45, 7) is 7.84. The lowest BCUT2D eigenvalue weighted by Crippen LogP contribution is -2.46. The molecule has 0 amide bonds. The highest BCUT2D eigenvalue weighted by Crippen LogP contribution is 2.36. The Morgan fingerprint density at radius 1 is 1.20 bits per heavy atom. The highest BCUT2D eigenvalue weighted by molar-refractivity contribution is 4.89. The summed E-state index contributed by atoms with van der Waals surface area (Å²) in [5.41, 5.74) is -0.516. The molecule has 0 saturated carbocycles. The molecule has 0 fully saturated rings. The van der Waals surface area contributed by atoms with Crippen molar-refractivity contribution in [3.63, 3.8) is 0 Å². The van der Waals surface area contributed by atoms with E-state index in [-0.39, 0.29) is 12.5 Å². The molecule has 0 aliphatic rings. The van der Waals surface area contributed by atoms with Crippen LogP contribution in [0.25, 0.3) is 0 Å². The van der Waals surface area contributed by atoms with E-state index < -0.39 is 17.6 Å². The van der Waals surface area contributed by atoms with Crippen LogP contribution in [-0.4, -0.2) is 34.1 Å². The normalized spacial score (nSPS) is 21.8. The second-order valence-corrected chi connectivity index (χ2v) is 4.72. The molecule has 15 heavy (non-hydrogen) atoms. The van der Waals surface area contributed by atoms with Gasteiger partial charge in [-0.05, 0) is 18.8 Å². The Morgan fingerprint density at radius 2 is 1.73 bits per heavy atom. The molecule has 0 aromatic heterocycles. The van der Waals surface area contributed by atoms with Crippen LogP contribution in [0.2, 0.25) is 0 Å². The van der Waals surface area contributed by atoms with Crippen LogP contribution in [0, 0.1) is 11.3 Å². The smallest absolute Gasteiger partial charge is 0.0643 e. The number of aliphatic hydroxyl groups is 3. The van der Waals surface area contributed by atoms with Gasteiger partial charge in [0.25, 0.3) is 0 Å². The second-order valence-electron chi connectivity index (χ2n) is 4.72. The third-order valence-corrected chi connectivity index (χ3v) is 3.78. The second kappa shape index (κ2) is 6.46. The average Bonchev–Trinajstić information content (AvgIpc) is 2.26. The Bertz CT molecular complexity index is 172. The lowest BCUT2D eigenvalue weighted by Gasteiger charge is -2.40. The van der Waals surface area contributed by atoms with Crippen LogP contribution < -0.4 is 0 Å². The van der Waals surface area contributed by atoms with Crippen molar-refractivity contribution in [2.24, 2.45) is 11.3 Å². The summed E-state index contributed by atoms with van der Waals surface area (Å²) < 4.78 is 0. The van der Waals surface area contributed by atoms with Crippen molar-refractivity contribution in [1.82, 2.24) is 0 Å². The summed E-state index contributed by atoms with van der Waals surface area (Å²) in [5, 5.41) is 29.0. The minimum Gasteiger partial charge on any atom is -0.396 e. The van der Waals surface area contributed by atoms with Crippen molar-refractivity contribution in [3.8, 4) is 0 Å². The van der Waals surface area contributed by atoms with Crippen LogP contribution in [0.1, 0.15) is 47.0 Å². The molecule has 4 unspecified atom stereocenters. The van der Waals surface area contributed by atoms with Gasteiger partial charge in [-0.1, -0.05) is 34.1 Å². The van der Waals surface area contributed by atoms with Crippen LogP contribution in [-0.2, 0) is 0 Å². The molecule has 3 heteroatoms. The summed E-state index contributed by atoms with van der Waals surface area (Å²) in [5.74, 6) is 0.170. The molecule has 0 radical (unpaired) electrons. The Morgan fingerprint density at radius 3 is 2.07 bits per heavy atom. The van der Waals surface area contributed by atoms with Gasteiger partial charge >= 0.3 is 0 Å². The molecule has 0 bridgehead atoms. The molecule has 0 aliphatic carbocycles. The van der Waals surface area contributed by atoms with E-state index >= 15 is 0 Å². The fourth-order valence-electron chi connectivity index (χ4n) is 1.97. The van der Waals surface area contributed by atoms with E-state index in [0.717, 1.165) is 6.42 Å². The molecule has 3 nitrogen and oxygen atoms in total. The molecule has 92 valence electrons. The third-order valence-electron chi connectivity index (χ3n) is 3.78. The maximum Gasteiger partial charge on any atom is 0.0643 e. The van der Waals surface area contributed by atoms with Gasteiger partial charge in [0.15, 0.2) is 0 Å². The Labute approximate surface area is 93.1 Å². The largest absolute Gasteiger partial charge is 0.396 e. The number of hydrogen-bond donors (Lipinski definition) is 3. The topological polar surface area (TPSA) is 60.7 Å². The fourth-order valence-corrected chi connectivity index (χ4v) is 1.97. The fraction of sp³-hybridized carbons (Fsp3) is 1.00. The Hall–Kier alpha value is -0.120. The van der Waals surface area contributed by atoms with Crippen LogP contribution in [0.5, 0.6) is 0 Å². The van der Waals surface area contributed by atoms with E-state index in [1.165, 1.54) is 0 Å². The van der Waals surface area contributed by atoms with Gasteiger partial charge in [-0.2, -0.15) is 0 Å². The molecule has 3 N–H and O–H groups in total. The van der Waals surface area contributed by atoms with E-state index in [0.29, 0.717) is 12.8 Å². The lowest BCUT2D eigenvalue weighted by atomic mass is 9.71. The minimum absolute atomic E-state index is 0.0377. The standard InChI is InChI=1S/C12H26O3/c1-5-9(3)11(15)12(4,6-2)10(14)7-8-13/h9-11,13-15H,5-8H2,1-4H3. The SMILES string of the molecule is CCC(C)C(O)C(C)(CC)C(O)CCO. The van der Waals surface area contributed by atoms with Gasteiger partial charge in [-0.3, -0.25) is 0 Å². The first-order valence-corrected chi connectivity index (χ1v) is 5.90. The molecular formula is C12H26O3. The average molecular weight is 218 g/mol. The summed E-state index contributed by atoms with van der Waals surface area (Å²) in [6.07, 6.45) is 0.769. The van der Waals surface area contributed by atoms with Crippen LogP contribution in [0.15, 0.2) is 0 Å². The van der Waals surface area contributed by atoms with Gasteiger partial charge in [0.05, 0.1) is 12.2 Å². The Kier molecular flexibility index (Phi) is 6.41. The summed E-state index contributed by atoms with van der Waals surface area (Å²) in [7, 11) is 0. The van der Waals surface area contributed by atoms with E-state index in [4.69, 9.17) is 5.11 Å². The maximum absolute atomic E-state index is 10.2. The van der Waals surface area contributed by atoms with E-state index in [9.17, 15) is 10.2 Å². The maximum atomic E-state index is 10.2. The molecular weight excluding hydrogens is 192 g/mol. The number of hydrogen-bond acceptors (Lipinski definition) is 3. The monoisotopic (exact) mass is 218 g/mol. The molecule has 0 aromatic rings. The predicted octanol–water partition coefficient (Wildman–Crippen LogP) is 1.55. The van der Waals surface area contributed by atoms with Crippen molar-refractivity contribution in [1.29, 1.82) is 0 Å². The van der Waals surface area contributed by atoms with Crippen LogP contribution in [0.4, 0.5) is 0 Å². The van der Waals surface area contributed by atoms with E-state index in [1.807, 2.05) is 27.7 Å². The first-order valence-electron chi connectivity index (χ1n) is 5.90. The number of rotatable bonds is 7. The lowest BCUT2D eigenvalue weighted by molar-refractivity contribution is -0.0906. The Balaban J connectivity index is 4.66. The van der Waals surface area contributed by atoms with Crippen molar-refractivity contribution in [2.45, 2.75) is 59.2 Å². The molecule has 0 aromatic carbocycles. The molecule has 0 saturated heterocycles. The van der Waals surface area contributed by atoms with Gasteiger partial charge in [-0.25, -0.2) is 0 Å². The highest BCUT2D eigenvalue weighted by Gasteiger charge is 2.40. The van der Waals surface area contributed by atoms with Gasteiger partial charge in [0, 0.05) is 12.0 Å². The minimum atomic E-state index is -0.642. The third kappa shape index (κ3) is 3.44. The highest BCUT2D eigenvalue weighted by atomic mass is 16.3. The van der Waals surface area contributed by atoms with Crippen molar-refractivity contribution in [2.75, 3.05) is 6.61 Å². The summed E-state index contributed by atoms with van der Waals surface area (Å²) in [6, 6.07) is 0. The zero-order valence-corrected chi connectivity index (χ0v) is 10.4. The summed E-state index contributed by atoms with van der Waals surface area (Å²) in [4.78, 5) is 0. The van der Waals surface area contributed by atoms with Crippen LogP contribution >= 0.6 is 0 Å². The van der Waals surface area contributed by atoms with E-state index in [2.05, 4.69) is 0 Å². The molecule has 0 heterocycles. The van der Waals surface area contributed by atoms with Crippen LogP contribution in [0.3, 0.4) is 0 Å². The van der Waals surface area contributed by atoms with Crippen molar-refractivity contribution < 1.29 is 15.3 Å². The van der Waals surface area contributed by atoms with Gasteiger partial charge < -0.3 is 15.3 Å². The zero-order valence-electron chi connectivity index (χ0n) is 10.4. The quantitative estimate of drug-likeness (QED) is 0.607.